The zero-order chi connectivity index (χ0) is 15.9. The number of carbonyl (C=O) groups excluding carboxylic acids is 2. The molecule has 0 saturated carbocycles. The lowest BCUT2D eigenvalue weighted by Crippen LogP contribution is -2.50. The van der Waals surface area contributed by atoms with Crippen LogP contribution < -0.4 is 4.90 Å². The van der Waals surface area contributed by atoms with Crippen LogP contribution in [0.2, 0.25) is 5.02 Å². The maximum Gasteiger partial charge on any atom is 0.240 e. The molecule has 0 fully saturated rings. The van der Waals surface area contributed by atoms with Crippen molar-refractivity contribution in [3.63, 3.8) is 0 Å². The Morgan fingerprint density at radius 1 is 1.18 bits per heavy atom. The van der Waals surface area contributed by atoms with Crippen molar-refractivity contribution in [2.75, 3.05) is 11.9 Å². The summed E-state index contributed by atoms with van der Waals surface area (Å²) in [6.45, 7) is 1.71. The van der Waals surface area contributed by atoms with Crippen LogP contribution in [0.5, 0.6) is 0 Å². The molecule has 112 valence electrons. The van der Waals surface area contributed by atoms with Gasteiger partial charge in [0.05, 0.1) is 0 Å². The van der Waals surface area contributed by atoms with Gasteiger partial charge in [-0.1, -0.05) is 41.9 Å². The zero-order valence-electron chi connectivity index (χ0n) is 12.5. The van der Waals surface area contributed by atoms with Crippen LogP contribution in [0, 0.1) is 5.41 Å². The van der Waals surface area contributed by atoms with Gasteiger partial charge in [0.1, 0.15) is 5.41 Å². The minimum absolute atomic E-state index is 0.157. The zero-order valence-corrected chi connectivity index (χ0v) is 13.2. The van der Waals surface area contributed by atoms with Crippen molar-refractivity contribution in [3.05, 3.63) is 64.7 Å². The standard InChI is InChI=1S/C18H16ClNO2/c1-18(16(21)12-6-4-3-5-7-12)11-13-10-14(19)8-9-15(13)20(2)17(18)22/h3-10H,11H2,1-2H3. The van der Waals surface area contributed by atoms with Crippen molar-refractivity contribution < 1.29 is 9.59 Å². The summed E-state index contributed by atoms with van der Waals surface area (Å²) in [5, 5.41) is 0.607. The van der Waals surface area contributed by atoms with E-state index in [-0.39, 0.29) is 11.7 Å². The Hall–Kier alpha value is -2.13. The van der Waals surface area contributed by atoms with Gasteiger partial charge in [-0.05, 0) is 37.1 Å². The first-order chi connectivity index (χ1) is 10.4. The van der Waals surface area contributed by atoms with E-state index < -0.39 is 5.41 Å². The first kappa shape index (κ1) is 14.8. The quantitative estimate of drug-likeness (QED) is 0.625. The number of hydrogen-bond donors (Lipinski definition) is 0. The molecule has 1 aliphatic rings. The van der Waals surface area contributed by atoms with Crippen molar-refractivity contribution >= 4 is 29.0 Å². The van der Waals surface area contributed by atoms with Crippen LogP contribution in [0.4, 0.5) is 5.69 Å². The number of carbonyl (C=O) groups is 2. The van der Waals surface area contributed by atoms with E-state index in [0.29, 0.717) is 17.0 Å². The number of hydrogen-bond acceptors (Lipinski definition) is 2. The molecule has 22 heavy (non-hydrogen) atoms. The lowest BCUT2D eigenvalue weighted by atomic mass is 9.73. The highest BCUT2D eigenvalue weighted by Gasteiger charge is 2.47. The van der Waals surface area contributed by atoms with Crippen LogP contribution in [-0.2, 0) is 11.2 Å². The van der Waals surface area contributed by atoms with Crippen LogP contribution >= 0.6 is 11.6 Å². The number of halogens is 1. The Bertz CT molecular complexity index is 757. The monoisotopic (exact) mass is 313 g/mol. The number of anilines is 1. The van der Waals surface area contributed by atoms with Crippen LogP contribution in [0.25, 0.3) is 0 Å². The van der Waals surface area contributed by atoms with E-state index in [9.17, 15) is 9.59 Å². The van der Waals surface area contributed by atoms with Crippen molar-refractivity contribution in [1.29, 1.82) is 0 Å². The second-order valence-electron chi connectivity index (χ2n) is 5.84. The maximum atomic E-state index is 12.9. The predicted molar refractivity (Wildman–Crippen MR) is 87.4 cm³/mol. The van der Waals surface area contributed by atoms with E-state index in [1.165, 1.54) is 0 Å². The van der Waals surface area contributed by atoms with Crippen molar-refractivity contribution in [2.45, 2.75) is 13.3 Å². The normalized spacial score (nSPS) is 20.7. The molecule has 0 aliphatic carbocycles. The maximum absolute atomic E-state index is 12.9. The van der Waals surface area contributed by atoms with Gasteiger partial charge in [0.25, 0.3) is 0 Å². The van der Waals surface area contributed by atoms with Crippen LogP contribution in [-0.4, -0.2) is 18.7 Å². The molecule has 0 saturated heterocycles. The Morgan fingerprint density at radius 2 is 1.86 bits per heavy atom. The Kier molecular flexibility index (Phi) is 3.53. The lowest BCUT2D eigenvalue weighted by molar-refractivity contribution is -0.125. The molecule has 4 heteroatoms. The van der Waals surface area contributed by atoms with E-state index in [4.69, 9.17) is 11.6 Å². The van der Waals surface area contributed by atoms with E-state index in [1.54, 1.807) is 49.2 Å². The van der Waals surface area contributed by atoms with Gasteiger partial charge in [-0.2, -0.15) is 0 Å². The number of nitrogens with zero attached hydrogens (tertiary/aromatic N) is 1. The van der Waals surface area contributed by atoms with Gasteiger partial charge in [-0.25, -0.2) is 0 Å². The van der Waals surface area contributed by atoms with Gasteiger partial charge >= 0.3 is 0 Å². The molecule has 0 aromatic heterocycles. The molecule has 2 aromatic rings. The first-order valence-electron chi connectivity index (χ1n) is 7.10. The second kappa shape index (κ2) is 5.25. The third-order valence-electron chi connectivity index (χ3n) is 4.26. The summed E-state index contributed by atoms with van der Waals surface area (Å²) < 4.78 is 0. The Labute approximate surface area is 134 Å². The van der Waals surface area contributed by atoms with Gasteiger partial charge in [0.2, 0.25) is 5.91 Å². The molecule has 1 heterocycles. The molecule has 2 aromatic carbocycles. The molecule has 1 amide bonds. The molecule has 0 bridgehead atoms. The number of ketones is 1. The van der Waals surface area contributed by atoms with Crippen molar-refractivity contribution in [3.8, 4) is 0 Å². The predicted octanol–water partition coefficient (Wildman–Crippen LogP) is 3.75. The average molecular weight is 314 g/mol. The van der Waals surface area contributed by atoms with Crippen LogP contribution in [0.1, 0.15) is 22.8 Å². The van der Waals surface area contributed by atoms with Crippen molar-refractivity contribution in [2.24, 2.45) is 5.41 Å². The summed E-state index contributed by atoms with van der Waals surface area (Å²) in [7, 11) is 1.70. The summed E-state index contributed by atoms with van der Waals surface area (Å²) in [6.07, 6.45) is 0.361. The van der Waals surface area contributed by atoms with Crippen LogP contribution in [0.15, 0.2) is 48.5 Å². The molecular weight excluding hydrogens is 298 g/mol. The van der Waals surface area contributed by atoms with Gasteiger partial charge in [0.15, 0.2) is 5.78 Å². The Balaban J connectivity index is 2.08. The van der Waals surface area contributed by atoms with E-state index in [0.717, 1.165) is 11.3 Å². The molecular formula is C18H16ClNO2. The summed E-state index contributed by atoms with van der Waals surface area (Å²) in [5.74, 6) is -0.341. The number of fused-ring (bicyclic) bond motifs is 1. The molecule has 1 atom stereocenters. The third kappa shape index (κ3) is 2.22. The van der Waals surface area contributed by atoms with Crippen LogP contribution in [0.3, 0.4) is 0 Å². The summed E-state index contributed by atoms with van der Waals surface area (Å²) >= 11 is 6.06. The number of Topliss-reactive ketones (excluding diaryl/α,β-unsaturated/α-hetero) is 1. The topological polar surface area (TPSA) is 37.4 Å². The molecule has 0 radical (unpaired) electrons. The molecule has 1 aliphatic heterocycles. The number of rotatable bonds is 2. The van der Waals surface area contributed by atoms with Crippen molar-refractivity contribution in [1.82, 2.24) is 0 Å². The molecule has 0 N–H and O–H groups in total. The summed E-state index contributed by atoms with van der Waals surface area (Å²) in [4.78, 5) is 27.2. The minimum atomic E-state index is -1.10. The summed E-state index contributed by atoms with van der Waals surface area (Å²) in [6, 6.07) is 14.4. The summed E-state index contributed by atoms with van der Waals surface area (Å²) in [5.41, 5.74) is 1.18. The van der Waals surface area contributed by atoms with Gasteiger partial charge in [-0.15, -0.1) is 0 Å². The van der Waals surface area contributed by atoms with Gasteiger partial charge < -0.3 is 4.90 Å². The second-order valence-corrected chi connectivity index (χ2v) is 6.28. The fourth-order valence-corrected chi connectivity index (χ4v) is 3.24. The smallest absolute Gasteiger partial charge is 0.240 e. The minimum Gasteiger partial charge on any atom is -0.314 e. The van der Waals surface area contributed by atoms with E-state index in [2.05, 4.69) is 0 Å². The molecule has 3 rings (SSSR count). The van der Waals surface area contributed by atoms with E-state index >= 15 is 0 Å². The lowest BCUT2D eigenvalue weighted by Gasteiger charge is -2.38. The van der Waals surface area contributed by atoms with Gasteiger partial charge in [-0.3, -0.25) is 9.59 Å². The fraction of sp³-hybridized carbons (Fsp3) is 0.222. The third-order valence-corrected chi connectivity index (χ3v) is 4.50. The largest absolute Gasteiger partial charge is 0.314 e. The number of amides is 1. The first-order valence-corrected chi connectivity index (χ1v) is 7.48. The highest BCUT2D eigenvalue weighted by molar-refractivity contribution is 6.31. The number of benzene rings is 2. The molecule has 1 unspecified atom stereocenters. The highest BCUT2D eigenvalue weighted by Crippen LogP contribution is 2.39. The van der Waals surface area contributed by atoms with E-state index in [1.807, 2.05) is 18.2 Å². The highest BCUT2D eigenvalue weighted by atomic mass is 35.5. The fourth-order valence-electron chi connectivity index (χ4n) is 3.04. The average Bonchev–Trinajstić information content (AvgIpc) is 2.52. The SMILES string of the molecule is CN1C(=O)C(C)(C(=O)c2ccccc2)Cc2cc(Cl)ccc21. The van der Waals surface area contributed by atoms with Gasteiger partial charge in [0, 0.05) is 23.3 Å². The Morgan fingerprint density at radius 3 is 2.55 bits per heavy atom. The molecule has 0 spiro atoms. The molecule has 3 nitrogen and oxygen atoms in total.